The minimum atomic E-state index is -0.112. The zero-order valence-corrected chi connectivity index (χ0v) is 32.8. The SMILES string of the molecule is Cc1cc(-c2[c-]c(-c3cc(-c4cccc5ccccc45)cc4oc(-c5cc(C(C)(C)C)ccc5O)nc34)ccc2)c2nccc(C(C)(C)C)c2c1.[Pt]. The second-order valence-electron chi connectivity index (χ2n) is 15.7. The van der Waals surface area contributed by atoms with E-state index in [4.69, 9.17) is 14.4 Å². The van der Waals surface area contributed by atoms with Gasteiger partial charge in [-0.1, -0.05) is 125 Å². The maximum atomic E-state index is 11.0. The van der Waals surface area contributed by atoms with Gasteiger partial charge in [0.15, 0.2) is 0 Å². The van der Waals surface area contributed by atoms with Gasteiger partial charge in [-0.2, -0.15) is 0 Å². The van der Waals surface area contributed by atoms with Gasteiger partial charge in [0.05, 0.1) is 11.1 Å². The number of fused-ring (bicyclic) bond motifs is 3. The van der Waals surface area contributed by atoms with Crippen LogP contribution in [0.15, 0.2) is 120 Å². The van der Waals surface area contributed by atoms with Gasteiger partial charge in [0.1, 0.15) is 11.3 Å². The Kier molecular flexibility index (Phi) is 8.96. The molecule has 0 radical (unpaired) electrons. The number of benzene rings is 6. The normalized spacial score (nSPS) is 12.1. The number of pyridine rings is 1. The van der Waals surface area contributed by atoms with Crippen LogP contribution < -0.4 is 0 Å². The van der Waals surface area contributed by atoms with Crippen molar-refractivity contribution in [3.05, 3.63) is 138 Å². The van der Waals surface area contributed by atoms with E-state index in [1.807, 2.05) is 18.3 Å². The standard InChI is InChI=1S/C47H41N2O2.Pt/c1-28-22-36(43-38(23-28)40(20-21-48-43)47(5,6)7)30-14-10-15-31(24-30)37-25-32(35-17-11-13-29-12-8-9-16-34(29)35)26-42-44(37)49-45(51-42)39-27-33(46(2,3)4)18-19-41(39)50;/h8-23,25-27,50H,1-7H3;/q-1;. The summed E-state index contributed by atoms with van der Waals surface area (Å²) < 4.78 is 6.58. The van der Waals surface area contributed by atoms with Crippen LogP contribution >= 0.6 is 0 Å². The summed E-state index contributed by atoms with van der Waals surface area (Å²) >= 11 is 0. The van der Waals surface area contributed by atoms with E-state index in [0.29, 0.717) is 22.6 Å². The van der Waals surface area contributed by atoms with Crippen molar-refractivity contribution in [3.63, 3.8) is 0 Å². The van der Waals surface area contributed by atoms with Crippen LogP contribution in [0.25, 0.3) is 77.6 Å². The second kappa shape index (κ2) is 13.2. The van der Waals surface area contributed by atoms with Gasteiger partial charge in [0.2, 0.25) is 5.89 Å². The average molecular weight is 861 g/mol. The van der Waals surface area contributed by atoms with E-state index < -0.39 is 0 Å². The third-order valence-corrected chi connectivity index (χ3v) is 9.86. The smallest absolute Gasteiger partial charge is 0.230 e. The minimum Gasteiger partial charge on any atom is -0.507 e. The van der Waals surface area contributed by atoms with Crippen LogP contribution in [0, 0.1) is 13.0 Å². The predicted octanol–water partition coefficient (Wildman–Crippen LogP) is 12.6. The Morgan fingerprint density at radius 3 is 2.10 bits per heavy atom. The first kappa shape index (κ1) is 35.4. The van der Waals surface area contributed by atoms with Gasteiger partial charge < -0.3 is 9.52 Å². The second-order valence-corrected chi connectivity index (χ2v) is 15.7. The number of nitrogens with zero attached hydrogens (tertiary/aromatic N) is 2. The van der Waals surface area contributed by atoms with Gasteiger partial charge in [0, 0.05) is 32.8 Å². The van der Waals surface area contributed by atoms with E-state index in [1.165, 1.54) is 16.5 Å². The van der Waals surface area contributed by atoms with E-state index in [1.54, 1.807) is 6.07 Å². The first-order valence-corrected chi connectivity index (χ1v) is 17.5. The summed E-state index contributed by atoms with van der Waals surface area (Å²) in [6, 6.07) is 41.4. The van der Waals surface area contributed by atoms with E-state index in [9.17, 15) is 5.11 Å². The molecule has 0 aliphatic rings. The molecule has 262 valence electrons. The van der Waals surface area contributed by atoms with Crippen molar-refractivity contribution in [2.24, 2.45) is 0 Å². The van der Waals surface area contributed by atoms with Crippen LogP contribution in [-0.4, -0.2) is 15.1 Å². The molecule has 0 aliphatic carbocycles. The molecule has 0 fully saturated rings. The summed E-state index contributed by atoms with van der Waals surface area (Å²) in [5, 5.41) is 14.5. The molecule has 1 N–H and O–H groups in total. The molecular weight excluding hydrogens is 820 g/mol. The van der Waals surface area contributed by atoms with Gasteiger partial charge in [-0.3, -0.25) is 4.98 Å². The maximum Gasteiger partial charge on any atom is 0.230 e. The molecule has 8 aromatic rings. The van der Waals surface area contributed by atoms with Crippen molar-refractivity contribution in [3.8, 4) is 50.6 Å². The number of phenols is 1. The van der Waals surface area contributed by atoms with Crippen LogP contribution in [-0.2, 0) is 31.9 Å². The summed E-state index contributed by atoms with van der Waals surface area (Å²) in [6.07, 6.45) is 1.92. The number of aryl methyl sites for hydroxylation is 1. The van der Waals surface area contributed by atoms with Gasteiger partial charge in [-0.25, -0.2) is 4.98 Å². The van der Waals surface area contributed by atoms with Crippen molar-refractivity contribution in [1.29, 1.82) is 0 Å². The molecule has 0 saturated carbocycles. The quantitative estimate of drug-likeness (QED) is 0.179. The molecule has 2 heterocycles. The molecule has 8 rings (SSSR count). The molecular formula is C47H41N2O2Pt-. The Labute approximate surface area is 319 Å². The van der Waals surface area contributed by atoms with Gasteiger partial charge >= 0.3 is 0 Å². The van der Waals surface area contributed by atoms with Crippen LogP contribution in [0.1, 0.15) is 58.2 Å². The Morgan fingerprint density at radius 2 is 1.35 bits per heavy atom. The largest absolute Gasteiger partial charge is 0.507 e. The topological polar surface area (TPSA) is 59.2 Å². The van der Waals surface area contributed by atoms with Crippen molar-refractivity contribution in [2.75, 3.05) is 0 Å². The monoisotopic (exact) mass is 860 g/mol. The summed E-state index contributed by atoms with van der Waals surface area (Å²) in [5.41, 5.74) is 12.2. The molecule has 0 saturated heterocycles. The number of aromatic nitrogens is 2. The Bertz CT molecular complexity index is 2630. The number of hydrogen-bond donors (Lipinski definition) is 1. The minimum absolute atomic E-state index is 0. The fourth-order valence-corrected chi connectivity index (χ4v) is 7.20. The van der Waals surface area contributed by atoms with E-state index >= 15 is 0 Å². The molecule has 0 spiro atoms. The zero-order valence-electron chi connectivity index (χ0n) is 30.5. The number of oxazole rings is 1. The summed E-state index contributed by atoms with van der Waals surface area (Å²) in [6.45, 7) is 15.4. The molecule has 5 heteroatoms. The first-order chi connectivity index (χ1) is 24.3. The van der Waals surface area contributed by atoms with Crippen LogP contribution in [0.3, 0.4) is 0 Å². The molecule has 0 bridgehead atoms. The number of hydrogen-bond acceptors (Lipinski definition) is 4. The maximum absolute atomic E-state index is 11.0. The van der Waals surface area contributed by atoms with Gasteiger partial charge in [0.25, 0.3) is 0 Å². The van der Waals surface area contributed by atoms with Gasteiger partial charge in [-0.15, -0.1) is 35.4 Å². The Balaban J connectivity index is 0.00000420. The molecule has 0 aliphatic heterocycles. The summed E-state index contributed by atoms with van der Waals surface area (Å²) in [5.74, 6) is 0.511. The Hall–Kier alpha value is -5.05. The molecule has 2 aromatic heterocycles. The summed E-state index contributed by atoms with van der Waals surface area (Å²) in [4.78, 5) is 9.99. The third kappa shape index (κ3) is 6.35. The number of aromatic hydroxyl groups is 1. The molecule has 6 aromatic carbocycles. The number of rotatable bonds is 4. The molecule has 0 atom stereocenters. The number of phenolic OH excluding ortho intramolecular Hbond substituents is 1. The first-order valence-electron chi connectivity index (χ1n) is 17.5. The van der Waals surface area contributed by atoms with Gasteiger partial charge in [-0.05, 0) is 80.4 Å². The predicted molar refractivity (Wildman–Crippen MR) is 211 cm³/mol. The van der Waals surface area contributed by atoms with Crippen molar-refractivity contribution in [1.82, 2.24) is 9.97 Å². The van der Waals surface area contributed by atoms with E-state index in [0.717, 1.165) is 55.2 Å². The van der Waals surface area contributed by atoms with E-state index in [2.05, 4.69) is 146 Å². The van der Waals surface area contributed by atoms with Crippen LogP contribution in [0.5, 0.6) is 5.75 Å². The zero-order chi connectivity index (χ0) is 35.7. The molecule has 4 nitrogen and oxygen atoms in total. The average Bonchev–Trinajstić information content (AvgIpc) is 3.54. The molecule has 0 amide bonds. The third-order valence-electron chi connectivity index (χ3n) is 9.86. The fraction of sp³-hybridized carbons (Fsp3) is 0.191. The van der Waals surface area contributed by atoms with Crippen molar-refractivity contribution < 1.29 is 30.6 Å². The molecule has 0 unspecified atom stereocenters. The van der Waals surface area contributed by atoms with Crippen LogP contribution in [0.2, 0.25) is 0 Å². The summed E-state index contributed by atoms with van der Waals surface area (Å²) in [7, 11) is 0. The van der Waals surface area contributed by atoms with E-state index in [-0.39, 0.29) is 37.6 Å². The van der Waals surface area contributed by atoms with Crippen LogP contribution in [0.4, 0.5) is 0 Å². The van der Waals surface area contributed by atoms with Crippen molar-refractivity contribution >= 4 is 32.8 Å². The molecule has 52 heavy (non-hydrogen) atoms. The fourth-order valence-electron chi connectivity index (χ4n) is 7.20. The van der Waals surface area contributed by atoms with Crippen molar-refractivity contribution in [2.45, 2.75) is 59.3 Å². The Morgan fingerprint density at radius 1 is 0.635 bits per heavy atom.